The molecule has 0 atom stereocenters. The first-order valence-corrected chi connectivity index (χ1v) is 8.51. The summed E-state index contributed by atoms with van der Waals surface area (Å²) in [7, 11) is 0. The van der Waals surface area contributed by atoms with Crippen molar-refractivity contribution >= 4 is 34.9 Å². The summed E-state index contributed by atoms with van der Waals surface area (Å²) in [6.45, 7) is 2.71. The molecule has 0 unspecified atom stereocenters. The number of primary amides is 1. The van der Waals surface area contributed by atoms with Crippen molar-refractivity contribution in [3.8, 4) is 0 Å². The molecule has 0 radical (unpaired) electrons. The maximum absolute atomic E-state index is 14.2. The van der Waals surface area contributed by atoms with Gasteiger partial charge in [0.15, 0.2) is 0 Å². The lowest BCUT2D eigenvalue weighted by Gasteiger charge is -2.27. The van der Waals surface area contributed by atoms with E-state index in [1.165, 1.54) is 19.9 Å². The average Bonchev–Trinajstić information content (AvgIpc) is 2.79. The molecule has 4 amide bonds. The van der Waals surface area contributed by atoms with E-state index < -0.39 is 52.2 Å². The minimum absolute atomic E-state index is 0.0742. The van der Waals surface area contributed by atoms with Crippen LogP contribution in [0.5, 0.6) is 0 Å². The summed E-state index contributed by atoms with van der Waals surface area (Å²) in [4.78, 5) is 38.6. The molecular formula is C19H16F4N4O3. The van der Waals surface area contributed by atoms with E-state index in [0.717, 1.165) is 29.2 Å². The zero-order chi connectivity index (χ0) is 22.6. The van der Waals surface area contributed by atoms with Gasteiger partial charge in [0.1, 0.15) is 11.4 Å². The zero-order valence-corrected chi connectivity index (χ0v) is 15.7. The van der Waals surface area contributed by atoms with E-state index in [0.29, 0.717) is 11.0 Å². The van der Waals surface area contributed by atoms with Gasteiger partial charge >= 0.3 is 12.2 Å². The van der Waals surface area contributed by atoms with Crippen molar-refractivity contribution in [2.24, 2.45) is 5.73 Å². The van der Waals surface area contributed by atoms with E-state index >= 15 is 0 Å². The summed E-state index contributed by atoms with van der Waals surface area (Å²) in [6.07, 6.45) is -4.80. The Bertz CT molecular complexity index is 1080. The fraction of sp³-hybridized carbons (Fsp3) is 0.211. The first kappa shape index (κ1) is 21.1. The average molecular weight is 424 g/mol. The largest absolute Gasteiger partial charge is 0.418 e. The molecule has 3 rings (SSSR count). The van der Waals surface area contributed by atoms with Crippen molar-refractivity contribution in [3.05, 3.63) is 53.3 Å². The number of hydrogen-bond donors (Lipinski definition) is 2. The number of halogens is 4. The van der Waals surface area contributed by atoms with E-state index in [-0.39, 0.29) is 11.4 Å². The smallest absolute Gasteiger partial charge is 0.398 e. The molecule has 158 valence electrons. The minimum Gasteiger partial charge on any atom is -0.398 e. The van der Waals surface area contributed by atoms with Gasteiger partial charge in [0.2, 0.25) is 0 Å². The lowest BCUT2D eigenvalue weighted by molar-refractivity contribution is -0.137. The molecule has 2 aromatic carbocycles. The van der Waals surface area contributed by atoms with Crippen LogP contribution in [0.3, 0.4) is 0 Å². The molecule has 2 aromatic rings. The van der Waals surface area contributed by atoms with Crippen molar-refractivity contribution in [2.75, 3.05) is 15.5 Å². The van der Waals surface area contributed by atoms with Crippen LogP contribution in [0.15, 0.2) is 36.4 Å². The summed E-state index contributed by atoms with van der Waals surface area (Å²) in [5.74, 6) is -2.86. The van der Waals surface area contributed by atoms with E-state index in [4.69, 9.17) is 11.5 Å². The number of alkyl halides is 3. The number of hydrogen-bond acceptors (Lipinski definition) is 4. The summed E-state index contributed by atoms with van der Waals surface area (Å²) in [5.41, 5.74) is 6.28. The third-order valence-corrected chi connectivity index (χ3v) is 4.74. The molecule has 7 nitrogen and oxygen atoms in total. The van der Waals surface area contributed by atoms with Gasteiger partial charge in [-0.2, -0.15) is 13.2 Å². The molecule has 1 heterocycles. The zero-order valence-electron chi connectivity index (χ0n) is 15.7. The van der Waals surface area contributed by atoms with Crippen LogP contribution in [0.1, 0.15) is 29.8 Å². The second-order valence-electron chi connectivity index (χ2n) is 7.12. The van der Waals surface area contributed by atoms with Gasteiger partial charge in [-0.15, -0.1) is 0 Å². The van der Waals surface area contributed by atoms with Gasteiger partial charge in [0.25, 0.3) is 11.8 Å². The van der Waals surface area contributed by atoms with Crippen LogP contribution in [-0.4, -0.2) is 23.4 Å². The van der Waals surface area contributed by atoms with Crippen LogP contribution in [0.2, 0.25) is 0 Å². The third-order valence-electron chi connectivity index (χ3n) is 4.74. The Labute approximate surface area is 167 Å². The Morgan fingerprint density at radius 3 is 2.17 bits per heavy atom. The van der Waals surface area contributed by atoms with Crippen LogP contribution >= 0.6 is 0 Å². The normalized spacial score (nSPS) is 16.3. The van der Waals surface area contributed by atoms with Crippen molar-refractivity contribution in [3.63, 3.8) is 0 Å². The maximum Gasteiger partial charge on any atom is 0.418 e. The quantitative estimate of drug-likeness (QED) is 0.448. The summed E-state index contributed by atoms with van der Waals surface area (Å²) in [5, 5.41) is 0. The van der Waals surface area contributed by atoms with Crippen LogP contribution < -0.4 is 21.3 Å². The lowest BCUT2D eigenvalue weighted by Crippen LogP contribution is -2.44. The molecule has 0 aliphatic carbocycles. The van der Waals surface area contributed by atoms with Gasteiger partial charge in [-0.05, 0) is 50.2 Å². The highest BCUT2D eigenvalue weighted by Gasteiger charge is 2.53. The molecule has 0 aromatic heterocycles. The molecule has 1 aliphatic rings. The Balaban J connectivity index is 2.10. The number of benzene rings is 2. The number of carbonyl (C=O) groups excluding carboxylic acids is 3. The Kier molecular flexibility index (Phi) is 4.72. The van der Waals surface area contributed by atoms with Crippen molar-refractivity contribution < 1.29 is 31.9 Å². The van der Waals surface area contributed by atoms with Gasteiger partial charge in [0.05, 0.1) is 16.8 Å². The number of nitrogen functional groups attached to an aromatic ring is 1. The predicted molar refractivity (Wildman–Crippen MR) is 100 cm³/mol. The summed E-state index contributed by atoms with van der Waals surface area (Å²) < 4.78 is 53.8. The predicted octanol–water partition coefficient (Wildman–Crippen LogP) is 3.28. The molecule has 1 aliphatic heterocycles. The highest BCUT2D eigenvalue weighted by Crippen LogP contribution is 2.40. The Hall–Kier alpha value is -3.63. The van der Waals surface area contributed by atoms with Gasteiger partial charge in [-0.3, -0.25) is 14.5 Å². The van der Waals surface area contributed by atoms with E-state index in [1.807, 2.05) is 0 Å². The molecule has 0 bridgehead atoms. The highest BCUT2D eigenvalue weighted by atomic mass is 19.4. The topological polar surface area (TPSA) is 110 Å². The number of amides is 4. The van der Waals surface area contributed by atoms with E-state index in [2.05, 4.69) is 0 Å². The number of rotatable bonds is 3. The van der Waals surface area contributed by atoms with Gasteiger partial charge in [-0.25, -0.2) is 14.1 Å². The fourth-order valence-corrected chi connectivity index (χ4v) is 3.23. The molecule has 11 heteroatoms. The molecule has 4 N–H and O–H groups in total. The van der Waals surface area contributed by atoms with Crippen LogP contribution in [0.25, 0.3) is 0 Å². The molecule has 1 fully saturated rings. The second kappa shape index (κ2) is 6.71. The number of anilines is 3. The Morgan fingerprint density at radius 1 is 1.03 bits per heavy atom. The monoisotopic (exact) mass is 424 g/mol. The summed E-state index contributed by atoms with van der Waals surface area (Å²) in [6, 6.07) is 4.77. The van der Waals surface area contributed by atoms with Crippen LogP contribution in [-0.2, 0) is 11.0 Å². The van der Waals surface area contributed by atoms with Crippen LogP contribution in [0.4, 0.5) is 39.4 Å². The molecular weight excluding hydrogens is 408 g/mol. The van der Waals surface area contributed by atoms with Crippen molar-refractivity contribution in [1.82, 2.24) is 0 Å². The van der Waals surface area contributed by atoms with Gasteiger partial charge in [-0.1, -0.05) is 0 Å². The maximum atomic E-state index is 14.2. The SMILES string of the molecule is CC1(C)C(=O)N(c2ccc(N)c(C(F)(F)F)c2)C(=O)N1c1ccc(C(N)=O)c(F)c1. The Morgan fingerprint density at radius 2 is 1.63 bits per heavy atom. The van der Waals surface area contributed by atoms with Crippen molar-refractivity contribution in [1.29, 1.82) is 0 Å². The second-order valence-corrected chi connectivity index (χ2v) is 7.12. The molecule has 1 saturated heterocycles. The number of carbonyl (C=O) groups is 3. The standard InChI is InChI=1S/C19H16F4N4O3/c1-18(2)16(29)26(9-4-6-14(24)12(7-9)19(21,22)23)17(30)27(18)10-3-5-11(15(25)28)13(20)8-10/h3-8H,24H2,1-2H3,(H2,25,28). The van der Waals surface area contributed by atoms with E-state index in [1.54, 1.807) is 0 Å². The summed E-state index contributed by atoms with van der Waals surface area (Å²) >= 11 is 0. The first-order chi connectivity index (χ1) is 13.8. The number of nitrogens with zero attached hydrogens (tertiary/aromatic N) is 2. The fourth-order valence-electron chi connectivity index (χ4n) is 3.23. The molecule has 0 spiro atoms. The van der Waals surface area contributed by atoms with Crippen LogP contribution in [0, 0.1) is 5.82 Å². The highest BCUT2D eigenvalue weighted by molar-refractivity contribution is 6.30. The van der Waals surface area contributed by atoms with Gasteiger partial charge in [0, 0.05) is 11.4 Å². The number of urea groups is 1. The van der Waals surface area contributed by atoms with Crippen molar-refractivity contribution in [2.45, 2.75) is 25.6 Å². The number of nitrogens with two attached hydrogens (primary N) is 2. The van der Waals surface area contributed by atoms with E-state index in [9.17, 15) is 31.9 Å². The number of imide groups is 1. The van der Waals surface area contributed by atoms with Gasteiger partial charge < -0.3 is 11.5 Å². The molecule has 0 saturated carbocycles. The lowest BCUT2D eigenvalue weighted by atomic mass is 10.0. The minimum atomic E-state index is -4.80. The molecule has 30 heavy (non-hydrogen) atoms. The first-order valence-electron chi connectivity index (χ1n) is 8.51. The third kappa shape index (κ3) is 3.21.